The molecule has 18 heavy (non-hydrogen) atoms. The van der Waals surface area contributed by atoms with Crippen LogP contribution >= 0.6 is 11.6 Å². The van der Waals surface area contributed by atoms with Gasteiger partial charge in [0.2, 0.25) is 0 Å². The van der Waals surface area contributed by atoms with Crippen LogP contribution in [0.1, 0.15) is 35.6 Å². The van der Waals surface area contributed by atoms with Gasteiger partial charge in [0.25, 0.3) is 0 Å². The van der Waals surface area contributed by atoms with Crippen molar-refractivity contribution < 1.29 is 9.90 Å². The number of hydrogen-bond acceptors (Lipinski definition) is 2. The minimum atomic E-state index is -0.711. The van der Waals surface area contributed by atoms with E-state index in [1.807, 2.05) is 6.07 Å². The lowest BCUT2D eigenvalue weighted by Gasteiger charge is -2.14. The average molecular weight is 266 g/mol. The minimum absolute atomic E-state index is 0.134. The quantitative estimate of drug-likeness (QED) is 0.864. The first-order valence-electron chi connectivity index (χ1n) is 6.42. The number of aliphatic carboxylic acids is 1. The highest BCUT2D eigenvalue weighted by Crippen LogP contribution is 2.35. The highest BCUT2D eigenvalue weighted by Gasteiger charge is 2.31. The summed E-state index contributed by atoms with van der Waals surface area (Å²) in [5.74, 6) is -0.987. The molecular weight excluding hydrogens is 250 g/mol. The number of hydrogen-bond donors (Lipinski definition) is 2. The third kappa shape index (κ3) is 2.02. The van der Waals surface area contributed by atoms with Crippen molar-refractivity contribution in [2.75, 3.05) is 6.54 Å². The Morgan fingerprint density at radius 3 is 2.94 bits per heavy atom. The molecule has 1 saturated heterocycles. The van der Waals surface area contributed by atoms with E-state index in [0.29, 0.717) is 13.0 Å². The Labute approximate surface area is 111 Å². The van der Waals surface area contributed by atoms with Crippen LogP contribution in [0.5, 0.6) is 0 Å². The Bertz CT molecular complexity index is 501. The normalized spacial score (nSPS) is 26.3. The van der Waals surface area contributed by atoms with Crippen LogP contribution in [0.2, 0.25) is 5.02 Å². The van der Waals surface area contributed by atoms with Gasteiger partial charge in [-0.1, -0.05) is 17.7 Å². The Balaban J connectivity index is 1.86. The van der Waals surface area contributed by atoms with E-state index in [1.165, 1.54) is 17.5 Å². The molecule has 0 spiro atoms. The second-order valence-electron chi connectivity index (χ2n) is 5.23. The number of rotatable bonds is 2. The molecule has 0 saturated carbocycles. The van der Waals surface area contributed by atoms with Crippen LogP contribution in [0, 0.1) is 5.92 Å². The minimum Gasteiger partial charge on any atom is -0.481 e. The number of carboxylic acid groups (broad SMARTS) is 1. The van der Waals surface area contributed by atoms with Gasteiger partial charge in [-0.25, -0.2) is 0 Å². The van der Waals surface area contributed by atoms with Crippen molar-refractivity contribution in [3.05, 3.63) is 33.8 Å². The first-order chi connectivity index (χ1) is 8.65. The van der Waals surface area contributed by atoms with Crippen LogP contribution in [-0.2, 0) is 17.6 Å². The van der Waals surface area contributed by atoms with E-state index in [0.717, 1.165) is 23.4 Å². The van der Waals surface area contributed by atoms with Crippen molar-refractivity contribution in [1.29, 1.82) is 0 Å². The van der Waals surface area contributed by atoms with Crippen LogP contribution < -0.4 is 5.32 Å². The van der Waals surface area contributed by atoms with E-state index in [1.54, 1.807) is 0 Å². The zero-order chi connectivity index (χ0) is 12.7. The third-order valence-electron chi connectivity index (χ3n) is 4.07. The predicted octanol–water partition coefficient (Wildman–Crippen LogP) is 2.56. The van der Waals surface area contributed by atoms with Crippen LogP contribution in [0.25, 0.3) is 0 Å². The molecule has 0 amide bonds. The smallest absolute Gasteiger partial charge is 0.307 e. The van der Waals surface area contributed by atoms with Crippen molar-refractivity contribution in [2.24, 2.45) is 5.92 Å². The molecule has 0 aromatic heterocycles. The number of nitrogens with one attached hydrogen (secondary N) is 1. The van der Waals surface area contributed by atoms with Crippen molar-refractivity contribution in [3.63, 3.8) is 0 Å². The fourth-order valence-electron chi connectivity index (χ4n) is 3.05. The van der Waals surface area contributed by atoms with Crippen molar-refractivity contribution in [2.45, 2.75) is 31.7 Å². The second-order valence-corrected chi connectivity index (χ2v) is 5.63. The summed E-state index contributed by atoms with van der Waals surface area (Å²) in [6, 6.07) is 4.35. The highest BCUT2D eigenvalue weighted by atomic mass is 35.5. The monoisotopic (exact) mass is 265 g/mol. The van der Waals surface area contributed by atoms with Crippen LogP contribution in [0.15, 0.2) is 12.1 Å². The zero-order valence-electron chi connectivity index (χ0n) is 10.1. The summed E-state index contributed by atoms with van der Waals surface area (Å²) in [5.41, 5.74) is 3.77. The van der Waals surface area contributed by atoms with Gasteiger partial charge in [0.15, 0.2) is 0 Å². The fourth-order valence-corrected chi connectivity index (χ4v) is 3.40. The Hall–Kier alpha value is -1.06. The summed E-state index contributed by atoms with van der Waals surface area (Å²) >= 11 is 6.31. The van der Waals surface area contributed by atoms with E-state index in [-0.39, 0.29) is 12.0 Å². The van der Waals surface area contributed by atoms with E-state index in [2.05, 4.69) is 11.4 Å². The molecule has 3 rings (SSSR count). The molecular formula is C14H16ClNO2. The first-order valence-corrected chi connectivity index (χ1v) is 6.80. The van der Waals surface area contributed by atoms with E-state index >= 15 is 0 Å². The molecule has 2 unspecified atom stereocenters. The van der Waals surface area contributed by atoms with Gasteiger partial charge in [-0.3, -0.25) is 4.79 Å². The largest absolute Gasteiger partial charge is 0.481 e. The standard InChI is InChI=1S/C14H16ClNO2/c15-12-5-9(4-8-2-1-3-11(8)12)13-6-10(7-16-13)14(17)18/h4-5,10,13,16H,1-3,6-7H2,(H,17,18). The van der Waals surface area contributed by atoms with Gasteiger partial charge >= 0.3 is 5.97 Å². The number of benzene rings is 1. The molecule has 1 fully saturated rings. The fraction of sp³-hybridized carbons (Fsp3) is 0.500. The molecule has 3 nitrogen and oxygen atoms in total. The Kier molecular flexibility index (Phi) is 3.04. The highest BCUT2D eigenvalue weighted by molar-refractivity contribution is 6.31. The van der Waals surface area contributed by atoms with Gasteiger partial charge in [-0.15, -0.1) is 0 Å². The van der Waals surface area contributed by atoms with Gasteiger partial charge in [0.1, 0.15) is 0 Å². The molecule has 4 heteroatoms. The lowest BCUT2D eigenvalue weighted by Crippen LogP contribution is -2.17. The van der Waals surface area contributed by atoms with Gasteiger partial charge in [-0.05, 0) is 48.4 Å². The molecule has 2 N–H and O–H groups in total. The average Bonchev–Trinajstić information content (AvgIpc) is 2.97. The SMILES string of the molecule is O=C(O)C1CNC(c2cc(Cl)c3c(c2)CCC3)C1. The van der Waals surface area contributed by atoms with E-state index < -0.39 is 5.97 Å². The maximum atomic E-state index is 11.0. The topological polar surface area (TPSA) is 49.3 Å². The Morgan fingerprint density at radius 1 is 1.39 bits per heavy atom. The predicted molar refractivity (Wildman–Crippen MR) is 70.0 cm³/mol. The maximum Gasteiger partial charge on any atom is 0.307 e. The summed E-state index contributed by atoms with van der Waals surface area (Å²) in [6.07, 6.45) is 4.00. The summed E-state index contributed by atoms with van der Waals surface area (Å²) in [7, 11) is 0. The molecule has 96 valence electrons. The van der Waals surface area contributed by atoms with E-state index in [4.69, 9.17) is 16.7 Å². The molecule has 2 atom stereocenters. The molecule has 1 heterocycles. The van der Waals surface area contributed by atoms with Gasteiger partial charge < -0.3 is 10.4 Å². The summed E-state index contributed by atoms with van der Waals surface area (Å²) in [5, 5.41) is 13.2. The molecule has 0 radical (unpaired) electrons. The molecule has 0 bridgehead atoms. The van der Waals surface area contributed by atoms with Crippen LogP contribution in [0.4, 0.5) is 0 Å². The number of carboxylic acids is 1. The molecule has 1 aromatic carbocycles. The van der Waals surface area contributed by atoms with Crippen molar-refractivity contribution in [1.82, 2.24) is 5.32 Å². The zero-order valence-corrected chi connectivity index (χ0v) is 10.8. The van der Waals surface area contributed by atoms with Gasteiger partial charge in [0, 0.05) is 17.6 Å². The lowest BCUT2D eigenvalue weighted by molar-refractivity contribution is -0.141. The third-order valence-corrected chi connectivity index (χ3v) is 4.40. The Morgan fingerprint density at radius 2 is 2.22 bits per heavy atom. The molecule has 1 aliphatic heterocycles. The van der Waals surface area contributed by atoms with Crippen molar-refractivity contribution in [3.8, 4) is 0 Å². The number of fused-ring (bicyclic) bond motifs is 1. The maximum absolute atomic E-state index is 11.0. The lowest BCUT2D eigenvalue weighted by atomic mass is 9.97. The summed E-state index contributed by atoms with van der Waals surface area (Å²) < 4.78 is 0. The van der Waals surface area contributed by atoms with Gasteiger partial charge in [0.05, 0.1) is 5.92 Å². The number of halogens is 1. The van der Waals surface area contributed by atoms with Gasteiger partial charge in [-0.2, -0.15) is 0 Å². The molecule has 1 aliphatic carbocycles. The summed E-state index contributed by atoms with van der Waals surface area (Å²) in [4.78, 5) is 11.0. The second kappa shape index (κ2) is 4.56. The first kappa shape index (κ1) is 12.0. The number of aryl methyl sites for hydroxylation is 1. The van der Waals surface area contributed by atoms with Crippen LogP contribution in [0.3, 0.4) is 0 Å². The van der Waals surface area contributed by atoms with Crippen LogP contribution in [-0.4, -0.2) is 17.6 Å². The number of carbonyl (C=O) groups is 1. The molecule has 1 aromatic rings. The molecule has 2 aliphatic rings. The summed E-state index contributed by atoms with van der Waals surface area (Å²) in [6.45, 7) is 0.550. The van der Waals surface area contributed by atoms with Crippen molar-refractivity contribution >= 4 is 17.6 Å². The van der Waals surface area contributed by atoms with E-state index in [9.17, 15) is 4.79 Å².